The van der Waals surface area contributed by atoms with Crippen molar-refractivity contribution in [1.82, 2.24) is 9.97 Å². The van der Waals surface area contributed by atoms with Crippen molar-refractivity contribution in [2.75, 3.05) is 10.8 Å². The highest BCUT2D eigenvalue weighted by molar-refractivity contribution is 7.92. The Morgan fingerprint density at radius 2 is 2.06 bits per heavy atom. The van der Waals surface area contributed by atoms with E-state index in [-0.39, 0.29) is 5.03 Å². The highest BCUT2D eigenvalue weighted by atomic mass is 32.2. The number of benzene rings is 1. The van der Waals surface area contributed by atoms with Gasteiger partial charge >= 0.3 is 0 Å². The van der Waals surface area contributed by atoms with Gasteiger partial charge in [0, 0.05) is 6.54 Å². The third-order valence-electron chi connectivity index (χ3n) is 2.71. The molecule has 0 aliphatic carbocycles. The Balaban J connectivity index is 2.51. The average molecular weight is 265 g/mol. The van der Waals surface area contributed by atoms with Gasteiger partial charge in [-0.25, -0.2) is 4.98 Å². The lowest BCUT2D eigenvalue weighted by Gasteiger charge is -2.23. The Kier molecular flexibility index (Phi) is 3.38. The monoisotopic (exact) mass is 265 g/mol. The van der Waals surface area contributed by atoms with Gasteiger partial charge in [-0.15, -0.1) is 0 Å². The van der Waals surface area contributed by atoms with E-state index in [0.717, 1.165) is 5.56 Å². The Morgan fingerprint density at radius 1 is 1.33 bits per heavy atom. The highest BCUT2D eigenvalue weighted by Crippen LogP contribution is 2.25. The molecule has 0 bridgehead atoms. The third-order valence-corrected chi connectivity index (χ3v) is 4.53. The summed E-state index contributed by atoms with van der Waals surface area (Å²) in [6, 6.07) is 7.40. The zero-order valence-corrected chi connectivity index (χ0v) is 11.1. The van der Waals surface area contributed by atoms with Crippen LogP contribution < -0.4 is 4.31 Å². The van der Waals surface area contributed by atoms with Gasteiger partial charge in [0.1, 0.15) is 0 Å². The average Bonchev–Trinajstić information content (AvgIpc) is 2.86. The molecule has 1 aromatic carbocycles. The predicted octanol–water partition coefficient (Wildman–Crippen LogP) is 1.93. The molecule has 0 saturated heterocycles. The van der Waals surface area contributed by atoms with Gasteiger partial charge in [-0.2, -0.15) is 8.42 Å². The number of sulfonamides is 1. The number of aromatic nitrogens is 2. The molecule has 1 N–H and O–H groups in total. The van der Waals surface area contributed by atoms with Crippen molar-refractivity contribution < 1.29 is 8.42 Å². The topological polar surface area (TPSA) is 66.1 Å². The van der Waals surface area contributed by atoms with Crippen LogP contribution in [0.5, 0.6) is 0 Å². The van der Waals surface area contributed by atoms with Gasteiger partial charge < -0.3 is 4.98 Å². The van der Waals surface area contributed by atoms with Gasteiger partial charge in [0.2, 0.25) is 0 Å². The Labute approximate surface area is 107 Å². The largest absolute Gasteiger partial charge is 0.334 e. The molecule has 96 valence electrons. The number of nitrogens with zero attached hydrogens (tertiary/aromatic N) is 2. The molecule has 6 heteroatoms. The lowest BCUT2D eigenvalue weighted by molar-refractivity contribution is 0.588. The number of imidazole rings is 1. The Hall–Kier alpha value is -1.82. The van der Waals surface area contributed by atoms with Crippen molar-refractivity contribution in [1.29, 1.82) is 0 Å². The van der Waals surface area contributed by atoms with E-state index in [0.29, 0.717) is 12.2 Å². The fourth-order valence-electron chi connectivity index (χ4n) is 1.82. The second-order valence-corrected chi connectivity index (χ2v) is 5.70. The van der Waals surface area contributed by atoms with E-state index in [4.69, 9.17) is 0 Å². The van der Waals surface area contributed by atoms with Crippen molar-refractivity contribution in [3.63, 3.8) is 0 Å². The van der Waals surface area contributed by atoms with E-state index in [1.54, 1.807) is 13.0 Å². The number of rotatable bonds is 4. The summed E-state index contributed by atoms with van der Waals surface area (Å²) in [5.41, 5.74) is 1.61. The number of H-pyrrole nitrogens is 1. The molecule has 0 aliphatic rings. The van der Waals surface area contributed by atoms with Crippen LogP contribution in [0.2, 0.25) is 0 Å². The van der Waals surface area contributed by atoms with Crippen LogP contribution >= 0.6 is 0 Å². The van der Waals surface area contributed by atoms with E-state index in [1.165, 1.54) is 16.8 Å². The number of aryl methyl sites for hydroxylation is 1. The second kappa shape index (κ2) is 4.81. The molecule has 0 spiro atoms. The van der Waals surface area contributed by atoms with Crippen LogP contribution in [-0.4, -0.2) is 24.9 Å². The molecule has 0 atom stereocenters. The maximum absolute atomic E-state index is 12.4. The molecular weight excluding hydrogens is 250 g/mol. The standard InChI is InChI=1S/C12H15N3O2S/c1-3-15(11-7-5-4-6-10(11)2)18(16,17)12-8-13-9-14-12/h4-9H,3H2,1-2H3,(H,13,14). The first-order valence-electron chi connectivity index (χ1n) is 5.64. The summed E-state index contributed by atoms with van der Waals surface area (Å²) in [7, 11) is -3.57. The summed E-state index contributed by atoms with van der Waals surface area (Å²) in [6.07, 6.45) is 2.68. The first-order chi connectivity index (χ1) is 8.57. The lowest BCUT2D eigenvalue weighted by atomic mass is 10.2. The fourth-order valence-corrected chi connectivity index (χ4v) is 3.25. The number of hydrogen-bond acceptors (Lipinski definition) is 3. The molecular formula is C12H15N3O2S. The van der Waals surface area contributed by atoms with E-state index < -0.39 is 10.0 Å². The van der Waals surface area contributed by atoms with Gasteiger partial charge in [-0.05, 0) is 25.5 Å². The van der Waals surface area contributed by atoms with Crippen molar-refractivity contribution in [2.45, 2.75) is 18.9 Å². The van der Waals surface area contributed by atoms with Gasteiger partial charge in [0.25, 0.3) is 10.0 Å². The predicted molar refractivity (Wildman–Crippen MR) is 70.0 cm³/mol. The van der Waals surface area contributed by atoms with Crippen molar-refractivity contribution in [2.24, 2.45) is 0 Å². The third kappa shape index (κ3) is 2.11. The number of para-hydroxylation sites is 1. The smallest absolute Gasteiger partial charge is 0.281 e. The minimum Gasteiger partial charge on any atom is -0.334 e. The normalized spacial score (nSPS) is 11.4. The summed E-state index contributed by atoms with van der Waals surface area (Å²) < 4.78 is 26.2. The minimum absolute atomic E-state index is 0.104. The van der Waals surface area contributed by atoms with Crippen LogP contribution in [0.1, 0.15) is 12.5 Å². The molecule has 0 saturated carbocycles. The molecule has 2 rings (SSSR count). The molecule has 5 nitrogen and oxygen atoms in total. The summed E-state index contributed by atoms with van der Waals surface area (Å²) in [5, 5.41) is 0.104. The minimum atomic E-state index is -3.57. The maximum Gasteiger partial charge on any atom is 0.281 e. The first kappa shape index (κ1) is 12.6. The van der Waals surface area contributed by atoms with Crippen molar-refractivity contribution in [3.05, 3.63) is 42.4 Å². The number of anilines is 1. The van der Waals surface area contributed by atoms with Gasteiger partial charge in [0.05, 0.1) is 18.2 Å². The number of hydrogen-bond donors (Lipinski definition) is 1. The van der Waals surface area contributed by atoms with E-state index in [1.807, 2.05) is 25.1 Å². The molecule has 0 fully saturated rings. The van der Waals surface area contributed by atoms with Crippen LogP contribution in [0, 0.1) is 6.92 Å². The highest BCUT2D eigenvalue weighted by Gasteiger charge is 2.25. The van der Waals surface area contributed by atoms with E-state index in [2.05, 4.69) is 9.97 Å². The molecule has 0 aliphatic heterocycles. The van der Waals surface area contributed by atoms with Crippen molar-refractivity contribution in [3.8, 4) is 0 Å². The summed E-state index contributed by atoms with van der Waals surface area (Å²) in [6.45, 7) is 4.06. The zero-order valence-electron chi connectivity index (χ0n) is 10.3. The van der Waals surface area contributed by atoms with Crippen LogP contribution in [0.15, 0.2) is 41.8 Å². The van der Waals surface area contributed by atoms with E-state index in [9.17, 15) is 8.42 Å². The molecule has 0 amide bonds. The molecule has 0 unspecified atom stereocenters. The summed E-state index contributed by atoms with van der Waals surface area (Å²) >= 11 is 0. The Bertz CT molecular complexity index is 621. The molecule has 0 radical (unpaired) electrons. The number of nitrogens with one attached hydrogen (secondary N) is 1. The molecule has 2 aromatic rings. The zero-order chi connectivity index (χ0) is 13.2. The van der Waals surface area contributed by atoms with Crippen LogP contribution in [0.25, 0.3) is 0 Å². The summed E-state index contributed by atoms with van der Waals surface area (Å²) in [5.74, 6) is 0. The van der Waals surface area contributed by atoms with Gasteiger partial charge in [-0.3, -0.25) is 4.31 Å². The Morgan fingerprint density at radius 3 is 2.61 bits per heavy atom. The SMILES string of the molecule is CCN(c1ccccc1C)S(=O)(=O)c1cnc[nH]1. The fraction of sp³-hybridized carbons (Fsp3) is 0.250. The molecule has 1 aromatic heterocycles. The van der Waals surface area contributed by atoms with Crippen molar-refractivity contribution >= 4 is 15.7 Å². The molecule has 18 heavy (non-hydrogen) atoms. The van der Waals surface area contributed by atoms with Gasteiger partial charge in [-0.1, -0.05) is 18.2 Å². The van der Waals surface area contributed by atoms with Crippen LogP contribution in [0.3, 0.4) is 0 Å². The van der Waals surface area contributed by atoms with E-state index >= 15 is 0 Å². The van der Waals surface area contributed by atoms with Gasteiger partial charge in [0.15, 0.2) is 5.03 Å². The first-order valence-corrected chi connectivity index (χ1v) is 7.08. The molecule has 1 heterocycles. The maximum atomic E-state index is 12.4. The summed E-state index contributed by atoms with van der Waals surface area (Å²) in [4.78, 5) is 6.40. The van der Waals surface area contributed by atoms with Crippen LogP contribution in [-0.2, 0) is 10.0 Å². The lowest BCUT2D eigenvalue weighted by Crippen LogP contribution is -2.31. The second-order valence-electron chi connectivity index (χ2n) is 3.87. The number of aromatic amines is 1. The van der Waals surface area contributed by atoms with Crippen LogP contribution in [0.4, 0.5) is 5.69 Å². The quantitative estimate of drug-likeness (QED) is 0.918.